The van der Waals surface area contributed by atoms with E-state index in [-0.39, 0.29) is 5.41 Å². The molecule has 0 N–H and O–H groups in total. The lowest BCUT2D eigenvalue weighted by Crippen LogP contribution is -2.30. The van der Waals surface area contributed by atoms with Crippen molar-refractivity contribution in [2.24, 2.45) is 5.10 Å². The van der Waals surface area contributed by atoms with Gasteiger partial charge in [0.2, 0.25) is 11.4 Å². The first-order valence-corrected chi connectivity index (χ1v) is 8.98. The van der Waals surface area contributed by atoms with E-state index in [0.29, 0.717) is 0 Å². The van der Waals surface area contributed by atoms with Crippen LogP contribution in [0.15, 0.2) is 53.6 Å². The third-order valence-electron chi connectivity index (χ3n) is 4.74. The number of carbonyl (C=O) groups is 1. The Morgan fingerprint density at radius 2 is 1.75 bits per heavy atom. The lowest BCUT2D eigenvalue weighted by molar-refractivity contribution is -0.400. The normalized spacial score (nSPS) is 14.4. The number of rotatable bonds is 4. The Morgan fingerprint density at radius 3 is 2.29 bits per heavy atom. The second-order valence-corrected chi connectivity index (χ2v) is 7.04. The van der Waals surface area contributed by atoms with Gasteiger partial charge in [-0.2, -0.15) is 9.68 Å². The van der Waals surface area contributed by atoms with Crippen molar-refractivity contribution in [1.29, 1.82) is 0 Å². The van der Waals surface area contributed by atoms with E-state index in [2.05, 4.69) is 54.8 Å². The summed E-state index contributed by atoms with van der Waals surface area (Å²) in [6.45, 7) is 5.45. The van der Waals surface area contributed by atoms with Gasteiger partial charge in [-0.25, -0.2) is 0 Å². The minimum Gasteiger partial charge on any atom is -0.550 e. The van der Waals surface area contributed by atoms with Gasteiger partial charge in [-0.3, -0.25) is 5.01 Å². The Kier molecular flexibility index (Phi) is 6.57. The molecule has 1 heterocycles. The zero-order chi connectivity index (χ0) is 20.9. The summed E-state index contributed by atoms with van der Waals surface area (Å²) in [4.78, 5) is 8.89. The zero-order valence-electron chi connectivity index (χ0n) is 17.3. The number of fused-ring (bicyclic) bond motifs is 1. The molecule has 0 spiro atoms. The Balaban J connectivity index is 0.000000640. The van der Waals surface area contributed by atoms with Crippen molar-refractivity contribution in [3.05, 3.63) is 54.1 Å². The highest BCUT2D eigenvalue weighted by Gasteiger charge is 2.43. The van der Waals surface area contributed by atoms with Gasteiger partial charge in [0.25, 0.3) is 0 Å². The van der Waals surface area contributed by atoms with E-state index in [1.165, 1.54) is 17.0 Å². The van der Waals surface area contributed by atoms with E-state index in [9.17, 15) is 0 Å². The van der Waals surface area contributed by atoms with E-state index in [0.717, 1.165) is 18.4 Å². The topological polar surface area (TPSA) is 68.0 Å². The molecule has 0 atom stereocenters. The van der Waals surface area contributed by atoms with Crippen molar-refractivity contribution in [3.63, 3.8) is 0 Å². The standard InChI is InChI=1S/C20H24N3O.C2H4O2/c1-20(2)17-8-6-7-9-18(17)22(3)19(20)14-21-23(4)15-10-12-16(24-5)13-11-15;1-2(3)4/h6-14H,1-5H3;1H3,(H,3,4)/q+1;/p-1. The quantitative estimate of drug-likeness (QED) is 0.464. The summed E-state index contributed by atoms with van der Waals surface area (Å²) < 4.78 is 7.42. The number of hydrogen-bond acceptors (Lipinski definition) is 5. The summed E-state index contributed by atoms with van der Waals surface area (Å²) in [5, 5.41) is 15.4. The molecule has 0 aromatic heterocycles. The van der Waals surface area contributed by atoms with Gasteiger partial charge in [-0.1, -0.05) is 18.2 Å². The molecule has 0 amide bonds. The summed E-state index contributed by atoms with van der Waals surface area (Å²) >= 11 is 0. The van der Waals surface area contributed by atoms with Crippen molar-refractivity contribution in [2.45, 2.75) is 26.2 Å². The highest BCUT2D eigenvalue weighted by Crippen LogP contribution is 2.38. The number of carboxylic acid groups (broad SMARTS) is 1. The molecule has 1 aliphatic heterocycles. The molecule has 6 heteroatoms. The van der Waals surface area contributed by atoms with Crippen molar-refractivity contribution < 1.29 is 19.2 Å². The molecule has 0 fully saturated rings. The van der Waals surface area contributed by atoms with E-state index >= 15 is 0 Å². The number of hydrogen-bond donors (Lipinski definition) is 0. The fourth-order valence-electron chi connectivity index (χ4n) is 3.24. The average Bonchev–Trinajstić information content (AvgIpc) is 2.86. The number of methoxy groups -OCH3 is 1. The van der Waals surface area contributed by atoms with Gasteiger partial charge in [0.15, 0.2) is 0 Å². The van der Waals surface area contributed by atoms with Crippen molar-refractivity contribution in [2.75, 3.05) is 26.2 Å². The number of nitrogens with zero attached hydrogens (tertiary/aromatic N) is 3. The SMILES string of the molecule is CC(=O)[O-].COc1ccc(N(C)/N=C/C2=[N+](C)c3ccccc3C2(C)C)cc1. The number of anilines is 1. The second kappa shape index (κ2) is 8.69. The van der Waals surface area contributed by atoms with Crippen LogP contribution in [0.2, 0.25) is 0 Å². The van der Waals surface area contributed by atoms with Crippen LogP contribution in [-0.2, 0) is 10.2 Å². The van der Waals surface area contributed by atoms with Gasteiger partial charge in [0.1, 0.15) is 19.0 Å². The highest BCUT2D eigenvalue weighted by molar-refractivity contribution is 6.33. The number of para-hydroxylation sites is 1. The molecule has 0 saturated heterocycles. The molecule has 3 rings (SSSR count). The lowest BCUT2D eigenvalue weighted by Gasteiger charge is -2.16. The summed E-state index contributed by atoms with van der Waals surface area (Å²) in [5.41, 5.74) is 4.72. The molecule has 0 unspecified atom stereocenters. The third-order valence-corrected chi connectivity index (χ3v) is 4.74. The number of carboxylic acids is 1. The maximum atomic E-state index is 8.89. The fourth-order valence-corrected chi connectivity index (χ4v) is 3.24. The fraction of sp³-hybridized carbons (Fsp3) is 0.318. The Bertz CT molecular complexity index is 895. The van der Waals surface area contributed by atoms with E-state index in [1.54, 1.807) is 7.11 Å². The molecular weight excluding hydrogens is 354 g/mol. The van der Waals surface area contributed by atoms with Crippen LogP contribution in [0.1, 0.15) is 26.3 Å². The number of ether oxygens (including phenoxy) is 1. The monoisotopic (exact) mass is 381 g/mol. The van der Waals surface area contributed by atoms with Crippen molar-refractivity contribution >= 4 is 29.3 Å². The molecule has 1 aliphatic rings. The molecule has 148 valence electrons. The van der Waals surface area contributed by atoms with Crippen LogP contribution >= 0.6 is 0 Å². The minimum atomic E-state index is -1.08. The molecule has 2 aromatic rings. The molecular formula is C22H27N3O3. The molecule has 0 saturated carbocycles. The third kappa shape index (κ3) is 4.57. The molecule has 0 aliphatic carbocycles. The maximum Gasteiger partial charge on any atom is 0.212 e. The molecule has 6 nitrogen and oxygen atoms in total. The minimum absolute atomic E-state index is 0.0599. The molecule has 0 bridgehead atoms. The molecule has 0 radical (unpaired) electrons. The average molecular weight is 381 g/mol. The summed E-state index contributed by atoms with van der Waals surface area (Å²) in [5.74, 6) is -0.238. The van der Waals surface area contributed by atoms with Gasteiger partial charge >= 0.3 is 0 Å². The van der Waals surface area contributed by atoms with Gasteiger partial charge in [0, 0.05) is 24.6 Å². The zero-order valence-corrected chi connectivity index (χ0v) is 17.3. The first-order chi connectivity index (χ1) is 13.2. The Morgan fingerprint density at radius 1 is 1.18 bits per heavy atom. The van der Waals surface area contributed by atoms with Crippen LogP contribution in [0.4, 0.5) is 11.4 Å². The van der Waals surface area contributed by atoms with Crippen LogP contribution in [0.25, 0.3) is 0 Å². The first-order valence-electron chi connectivity index (χ1n) is 8.98. The van der Waals surface area contributed by atoms with Crippen LogP contribution in [0.5, 0.6) is 5.75 Å². The van der Waals surface area contributed by atoms with E-state index in [1.807, 2.05) is 42.5 Å². The predicted molar refractivity (Wildman–Crippen MR) is 111 cm³/mol. The maximum absolute atomic E-state index is 8.89. The smallest absolute Gasteiger partial charge is 0.212 e. The second-order valence-electron chi connectivity index (χ2n) is 7.04. The number of benzene rings is 2. The van der Waals surface area contributed by atoms with E-state index < -0.39 is 5.97 Å². The number of hydrazone groups is 1. The Hall–Kier alpha value is -3.15. The van der Waals surface area contributed by atoms with Crippen molar-refractivity contribution in [3.8, 4) is 5.75 Å². The number of carbonyl (C=O) groups excluding carboxylic acids is 1. The van der Waals surface area contributed by atoms with E-state index in [4.69, 9.17) is 14.6 Å². The van der Waals surface area contributed by atoms with Gasteiger partial charge in [-0.15, -0.1) is 0 Å². The predicted octanol–water partition coefficient (Wildman–Crippen LogP) is 2.58. The van der Waals surface area contributed by atoms with Crippen LogP contribution in [0.3, 0.4) is 0 Å². The first kappa shape index (κ1) is 21.2. The number of aliphatic carboxylic acids is 1. The lowest BCUT2D eigenvalue weighted by atomic mass is 9.82. The van der Waals surface area contributed by atoms with Crippen molar-refractivity contribution in [1.82, 2.24) is 0 Å². The van der Waals surface area contributed by atoms with Gasteiger partial charge in [-0.05, 0) is 45.0 Å². The summed E-state index contributed by atoms with van der Waals surface area (Å²) in [6, 6.07) is 16.4. The van der Waals surface area contributed by atoms with Gasteiger partial charge in [0.05, 0.1) is 18.2 Å². The van der Waals surface area contributed by atoms with Crippen LogP contribution < -0.4 is 14.9 Å². The molecule has 2 aromatic carbocycles. The van der Waals surface area contributed by atoms with Crippen LogP contribution in [-0.4, -0.2) is 43.7 Å². The van der Waals surface area contributed by atoms with Gasteiger partial charge < -0.3 is 14.6 Å². The highest BCUT2D eigenvalue weighted by atomic mass is 16.5. The summed E-state index contributed by atoms with van der Waals surface area (Å²) in [6.07, 6.45) is 1.96. The molecule has 28 heavy (non-hydrogen) atoms. The largest absolute Gasteiger partial charge is 0.550 e. The van der Waals surface area contributed by atoms with Crippen LogP contribution in [0, 0.1) is 0 Å². The Labute approximate surface area is 166 Å². The summed E-state index contributed by atoms with van der Waals surface area (Å²) in [7, 11) is 5.72.